The third-order valence-electron chi connectivity index (χ3n) is 2.44. The van der Waals surface area contributed by atoms with Crippen LogP contribution in [-0.2, 0) is 20.9 Å². The minimum absolute atomic E-state index is 0.454. The van der Waals surface area contributed by atoms with Crippen LogP contribution < -0.4 is 0 Å². The molecule has 1 N–H and O–H groups in total. The summed E-state index contributed by atoms with van der Waals surface area (Å²) in [6, 6.07) is 7.57. The molecule has 0 saturated carbocycles. The highest BCUT2D eigenvalue weighted by atomic mass is 16.5. The summed E-state index contributed by atoms with van der Waals surface area (Å²) in [5, 5.41) is 8.63. The summed E-state index contributed by atoms with van der Waals surface area (Å²) in [5.41, 5.74) is 1.83. The molecule has 1 aromatic carbocycles. The van der Waals surface area contributed by atoms with Crippen LogP contribution in [0.15, 0.2) is 30.3 Å². The Bertz CT molecular complexity index is 412. The van der Waals surface area contributed by atoms with E-state index in [1.54, 1.807) is 6.08 Å². The second-order valence-corrected chi connectivity index (χ2v) is 4.04. The van der Waals surface area contributed by atoms with Crippen molar-refractivity contribution in [2.75, 3.05) is 19.8 Å². The molecular formula is C15H20O4. The van der Waals surface area contributed by atoms with Gasteiger partial charge in [-0.15, -0.1) is 0 Å². The summed E-state index contributed by atoms with van der Waals surface area (Å²) < 4.78 is 10.8. The zero-order valence-electron chi connectivity index (χ0n) is 11.2. The quantitative estimate of drug-likeness (QED) is 0.550. The van der Waals surface area contributed by atoms with Gasteiger partial charge in [0.1, 0.15) is 0 Å². The number of aliphatic carboxylic acids is 1. The summed E-state index contributed by atoms with van der Waals surface area (Å²) >= 11 is 0. The first kappa shape index (κ1) is 15.4. The summed E-state index contributed by atoms with van der Waals surface area (Å²) in [7, 11) is 0. The molecule has 0 amide bonds. The van der Waals surface area contributed by atoms with E-state index in [2.05, 4.69) is 6.92 Å². The smallest absolute Gasteiger partial charge is 0.328 e. The van der Waals surface area contributed by atoms with Gasteiger partial charge in [0.15, 0.2) is 0 Å². The molecule has 0 aliphatic carbocycles. The predicted molar refractivity (Wildman–Crippen MR) is 73.9 cm³/mol. The van der Waals surface area contributed by atoms with Crippen LogP contribution in [0, 0.1) is 0 Å². The first-order valence-electron chi connectivity index (χ1n) is 6.38. The number of benzene rings is 1. The minimum atomic E-state index is -0.955. The van der Waals surface area contributed by atoms with Gasteiger partial charge in [-0.25, -0.2) is 4.79 Å². The Labute approximate surface area is 113 Å². The van der Waals surface area contributed by atoms with Gasteiger partial charge in [0.25, 0.3) is 0 Å². The number of ether oxygens (including phenoxy) is 2. The fraction of sp³-hybridized carbons (Fsp3) is 0.400. The lowest BCUT2D eigenvalue weighted by Gasteiger charge is -2.07. The molecule has 0 spiro atoms. The second-order valence-electron chi connectivity index (χ2n) is 4.04. The van der Waals surface area contributed by atoms with E-state index >= 15 is 0 Å². The van der Waals surface area contributed by atoms with Crippen molar-refractivity contribution >= 4 is 12.0 Å². The van der Waals surface area contributed by atoms with Crippen LogP contribution in [0.1, 0.15) is 24.5 Å². The highest BCUT2D eigenvalue weighted by molar-refractivity contribution is 5.85. The van der Waals surface area contributed by atoms with E-state index in [1.807, 2.05) is 24.3 Å². The zero-order valence-corrected chi connectivity index (χ0v) is 11.2. The van der Waals surface area contributed by atoms with Gasteiger partial charge < -0.3 is 14.6 Å². The molecule has 4 heteroatoms. The molecule has 0 aliphatic heterocycles. The number of carboxylic acids is 1. The van der Waals surface area contributed by atoms with Gasteiger partial charge in [-0.2, -0.15) is 0 Å². The highest BCUT2D eigenvalue weighted by Crippen LogP contribution is 2.12. The zero-order chi connectivity index (χ0) is 13.9. The van der Waals surface area contributed by atoms with Crippen LogP contribution in [-0.4, -0.2) is 30.9 Å². The Morgan fingerprint density at radius 2 is 1.95 bits per heavy atom. The van der Waals surface area contributed by atoms with E-state index < -0.39 is 5.97 Å². The molecule has 104 valence electrons. The van der Waals surface area contributed by atoms with Gasteiger partial charge in [0.2, 0.25) is 0 Å². The second kappa shape index (κ2) is 9.30. The Morgan fingerprint density at radius 3 is 2.68 bits per heavy atom. The van der Waals surface area contributed by atoms with Crippen molar-refractivity contribution in [2.24, 2.45) is 0 Å². The van der Waals surface area contributed by atoms with E-state index in [4.69, 9.17) is 14.6 Å². The topological polar surface area (TPSA) is 55.8 Å². The maximum atomic E-state index is 10.5. The van der Waals surface area contributed by atoms with Gasteiger partial charge in [-0.05, 0) is 23.6 Å². The van der Waals surface area contributed by atoms with E-state index in [-0.39, 0.29) is 0 Å². The van der Waals surface area contributed by atoms with Gasteiger partial charge >= 0.3 is 5.97 Å². The highest BCUT2D eigenvalue weighted by Gasteiger charge is 1.99. The van der Waals surface area contributed by atoms with Gasteiger partial charge in [0, 0.05) is 12.7 Å². The maximum absolute atomic E-state index is 10.5. The molecule has 0 aliphatic rings. The van der Waals surface area contributed by atoms with E-state index in [0.29, 0.717) is 19.8 Å². The summed E-state index contributed by atoms with van der Waals surface area (Å²) in [4.78, 5) is 10.5. The normalized spacial score (nSPS) is 11.0. The van der Waals surface area contributed by atoms with Crippen molar-refractivity contribution in [3.8, 4) is 0 Å². The van der Waals surface area contributed by atoms with Crippen molar-refractivity contribution < 1.29 is 19.4 Å². The molecule has 0 atom stereocenters. The fourth-order valence-corrected chi connectivity index (χ4v) is 1.54. The van der Waals surface area contributed by atoms with Crippen LogP contribution in [0.5, 0.6) is 0 Å². The van der Waals surface area contributed by atoms with Crippen molar-refractivity contribution in [3.05, 3.63) is 41.5 Å². The molecule has 4 nitrogen and oxygen atoms in total. The molecule has 0 bridgehead atoms. The SMILES string of the molecule is CCCOCCOCc1ccccc1C=CC(=O)O. The van der Waals surface area contributed by atoms with Gasteiger partial charge in [-0.1, -0.05) is 31.2 Å². The van der Waals surface area contributed by atoms with Crippen molar-refractivity contribution in [3.63, 3.8) is 0 Å². The predicted octanol–water partition coefficient (Wildman–Crippen LogP) is 2.73. The standard InChI is InChI=1S/C15H20O4/c1-2-9-18-10-11-19-12-14-6-4-3-5-13(14)7-8-15(16)17/h3-8H,2,9-12H2,1H3,(H,16,17). The molecule has 0 aromatic heterocycles. The fourth-order valence-electron chi connectivity index (χ4n) is 1.54. The summed E-state index contributed by atoms with van der Waals surface area (Å²) in [5.74, 6) is -0.955. The number of carboxylic acid groups (broad SMARTS) is 1. The molecule has 19 heavy (non-hydrogen) atoms. The lowest BCUT2D eigenvalue weighted by molar-refractivity contribution is -0.131. The molecule has 0 heterocycles. The van der Waals surface area contributed by atoms with Gasteiger partial charge in [-0.3, -0.25) is 0 Å². The number of rotatable bonds is 9. The first-order valence-corrected chi connectivity index (χ1v) is 6.38. The minimum Gasteiger partial charge on any atom is -0.478 e. The van der Waals surface area contributed by atoms with E-state index in [9.17, 15) is 4.79 Å². The maximum Gasteiger partial charge on any atom is 0.328 e. The number of carbonyl (C=O) groups is 1. The van der Waals surface area contributed by atoms with Crippen molar-refractivity contribution in [1.82, 2.24) is 0 Å². The average Bonchev–Trinajstić information content (AvgIpc) is 2.41. The monoisotopic (exact) mass is 264 g/mol. The van der Waals surface area contributed by atoms with Crippen molar-refractivity contribution in [1.29, 1.82) is 0 Å². The number of hydrogen-bond donors (Lipinski definition) is 1. The molecule has 0 radical (unpaired) electrons. The third kappa shape index (κ3) is 6.74. The van der Waals surface area contributed by atoms with E-state index in [1.165, 1.54) is 0 Å². The number of hydrogen-bond acceptors (Lipinski definition) is 3. The largest absolute Gasteiger partial charge is 0.478 e. The molecular weight excluding hydrogens is 244 g/mol. The molecule has 0 fully saturated rings. The van der Waals surface area contributed by atoms with Crippen LogP contribution in [0.2, 0.25) is 0 Å². The Kier molecular flexibility index (Phi) is 7.54. The lowest BCUT2D eigenvalue weighted by Crippen LogP contribution is -2.05. The Hall–Kier alpha value is -1.65. The van der Waals surface area contributed by atoms with Crippen LogP contribution in [0.25, 0.3) is 6.08 Å². The Balaban J connectivity index is 2.42. The molecule has 0 unspecified atom stereocenters. The molecule has 1 rings (SSSR count). The Morgan fingerprint density at radius 1 is 1.21 bits per heavy atom. The molecule has 0 saturated heterocycles. The molecule has 1 aromatic rings. The van der Waals surface area contributed by atoms with Crippen LogP contribution in [0.3, 0.4) is 0 Å². The van der Waals surface area contributed by atoms with Crippen LogP contribution in [0.4, 0.5) is 0 Å². The first-order chi connectivity index (χ1) is 9.24. The van der Waals surface area contributed by atoms with Gasteiger partial charge in [0.05, 0.1) is 19.8 Å². The third-order valence-corrected chi connectivity index (χ3v) is 2.44. The lowest BCUT2D eigenvalue weighted by atomic mass is 10.1. The summed E-state index contributed by atoms with van der Waals surface area (Å²) in [6.45, 7) is 4.39. The van der Waals surface area contributed by atoms with Crippen LogP contribution >= 0.6 is 0 Å². The van der Waals surface area contributed by atoms with Crippen molar-refractivity contribution in [2.45, 2.75) is 20.0 Å². The summed E-state index contributed by atoms with van der Waals surface area (Å²) in [6.07, 6.45) is 3.71. The average molecular weight is 264 g/mol. The van der Waals surface area contributed by atoms with E-state index in [0.717, 1.165) is 30.2 Å².